The molecule has 0 aromatic heterocycles. The van der Waals surface area contributed by atoms with E-state index in [4.69, 9.17) is 23.7 Å². The summed E-state index contributed by atoms with van der Waals surface area (Å²) >= 11 is 0. The summed E-state index contributed by atoms with van der Waals surface area (Å²) in [7, 11) is 0. The van der Waals surface area contributed by atoms with Gasteiger partial charge in [0.05, 0.1) is 33.0 Å². The first-order valence-electron chi connectivity index (χ1n) is 8.96. The third-order valence-electron chi connectivity index (χ3n) is 5.79. The van der Waals surface area contributed by atoms with Gasteiger partial charge in [-0.2, -0.15) is 0 Å². The minimum atomic E-state index is 0.0250. The monoisotopic (exact) mass is 312 g/mol. The summed E-state index contributed by atoms with van der Waals surface area (Å²) in [4.78, 5) is 0. The molecule has 0 N–H and O–H groups in total. The molecule has 0 bridgehead atoms. The SMILES string of the molecule is C1COC(CCCC2COCC2C2COC3OCCC32)OC1. The normalized spacial score (nSPS) is 42.8. The fourth-order valence-corrected chi connectivity index (χ4v) is 4.57. The zero-order valence-electron chi connectivity index (χ0n) is 13.3. The molecule has 0 aliphatic carbocycles. The van der Waals surface area contributed by atoms with Crippen LogP contribution in [0.1, 0.15) is 32.1 Å². The Morgan fingerprint density at radius 2 is 1.64 bits per heavy atom. The molecule has 126 valence electrons. The minimum Gasteiger partial charge on any atom is -0.381 e. The maximum Gasteiger partial charge on any atom is 0.160 e. The van der Waals surface area contributed by atoms with Gasteiger partial charge >= 0.3 is 0 Å². The summed E-state index contributed by atoms with van der Waals surface area (Å²) in [6.07, 6.45) is 5.66. The van der Waals surface area contributed by atoms with E-state index in [-0.39, 0.29) is 12.6 Å². The van der Waals surface area contributed by atoms with Gasteiger partial charge in [0, 0.05) is 12.5 Å². The lowest BCUT2D eigenvalue weighted by Crippen LogP contribution is -2.29. The van der Waals surface area contributed by atoms with E-state index in [1.54, 1.807) is 0 Å². The Morgan fingerprint density at radius 1 is 0.727 bits per heavy atom. The van der Waals surface area contributed by atoms with Crippen LogP contribution in [-0.4, -0.2) is 52.2 Å². The second-order valence-corrected chi connectivity index (χ2v) is 7.11. The Balaban J connectivity index is 1.26. The van der Waals surface area contributed by atoms with Crippen LogP contribution in [0.4, 0.5) is 0 Å². The Hall–Kier alpha value is -0.200. The predicted octanol–water partition coefficient (Wildman–Crippen LogP) is 2.19. The molecule has 5 unspecified atom stereocenters. The van der Waals surface area contributed by atoms with Crippen LogP contribution < -0.4 is 0 Å². The highest BCUT2D eigenvalue weighted by atomic mass is 16.7. The third-order valence-corrected chi connectivity index (χ3v) is 5.79. The second kappa shape index (κ2) is 7.14. The van der Waals surface area contributed by atoms with Crippen molar-refractivity contribution in [1.82, 2.24) is 0 Å². The van der Waals surface area contributed by atoms with Gasteiger partial charge in [-0.3, -0.25) is 0 Å². The van der Waals surface area contributed by atoms with E-state index < -0.39 is 0 Å². The maximum absolute atomic E-state index is 5.83. The van der Waals surface area contributed by atoms with Crippen LogP contribution >= 0.6 is 0 Å². The highest BCUT2D eigenvalue weighted by Crippen LogP contribution is 2.44. The Bertz CT molecular complexity index is 357. The summed E-state index contributed by atoms with van der Waals surface area (Å²) in [5, 5.41) is 0. The highest BCUT2D eigenvalue weighted by molar-refractivity contribution is 4.91. The summed E-state index contributed by atoms with van der Waals surface area (Å²) in [6, 6.07) is 0. The minimum absolute atomic E-state index is 0.0250. The van der Waals surface area contributed by atoms with Crippen LogP contribution in [-0.2, 0) is 23.7 Å². The molecular formula is C17H28O5. The summed E-state index contributed by atoms with van der Waals surface area (Å²) in [5.41, 5.74) is 0. The summed E-state index contributed by atoms with van der Waals surface area (Å²) in [6.45, 7) is 5.23. The molecule has 5 atom stereocenters. The van der Waals surface area contributed by atoms with E-state index in [1.807, 2.05) is 0 Å². The Labute approximate surface area is 132 Å². The molecule has 4 rings (SSSR count). The van der Waals surface area contributed by atoms with Crippen molar-refractivity contribution < 1.29 is 23.7 Å². The molecule has 4 saturated heterocycles. The first kappa shape index (κ1) is 15.3. The molecule has 4 heterocycles. The smallest absolute Gasteiger partial charge is 0.160 e. The lowest BCUT2D eigenvalue weighted by atomic mass is 9.76. The van der Waals surface area contributed by atoms with Gasteiger partial charge < -0.3 is 23.7 Å². The first-order chi connectivity index (χ1) is 10.9. The van der Waals surface area contributed by atoms with E-state index >= 15 is 0 Å². The van der Waals surface area contributed by atoms with Crippen molar-refractivity contribution in [3.8, 4) is 0 Å². The lowest BCUT2D eigenvalue weighted by Gasteiger charge is -2.27. The molecule has 22 heavy (non-hydrogen) atoms. The molecule has 0 amide bonds. The number of hydrogen-bond acceptors (Lipinski definition) is 5. The van der Waals surface area contributed by atoms with Crippen molar-refractivity contribution in [3.05, 3.63) is 0 Å². The molecule has 5 heteroatoms. The number of rotatable bonds is 5. The molecule has 0 aromatic rings. The van der Waals surface area contributed by atoms with Crippen LogP contribution in [0.5, 0.6) is 0 Å². The fraction of sp³-hybridized carbons (Fsp3) is 1.00. The maximum atomic E-state index is 5.83. The van der Waals surface area contributed by atoms with Crippen LogP contribution in [0.15, 0.2) is 0 Å². The van der Waals surface area contributed by atoms with Crippen molar-refractivity contribution in [3.63, 3.8) is 0 Å². The van der Waals surface area contributed by atoms with E-state index in [1.165, 1.54) is 6.42 Å². The topological polar surface area (TPSA) is 46.2 Å². The fourth-order valence-electron chi connectivity index (χ4n) is 4.57. The predicted molar refractivity (Wildman–Crippen MR) is 79.2 cm³/mol. The van der Waals surface area contributed by atoms with E-state index in [0.29, 0.717) is 23.7 Å². The van der Waals surface area contributed by atoms with Gasteiger partial charge in [-0.25, -0.2) is 0 Å². The molecule has 0 aromatic carbocycles. The Morgan fingerprint density at radius 3 is 2.55 bits per heavy atom. The Kier molecular flexibility index (Phi) is 4.98. The largest absolute Gasteiger partial charge is 0.381 e. The van der Waals surface area contributed by atoms with E-state index in [9.17, 15) is 0 Å². The molecule has 4 aliphatic heterocycles. The van der Waals surface area contributed by atoms with Crippen LogP contribution in [0, 0.1) is 23.7 Å². The molecule has 0 radical (unpaired) electrons. The average Bonchev–Trinajstić information content (AvgIpc) is 3.24. The van der Waals surface area contributed by atoms with Crippen LogP contribution in [0.25, 0.3) is 0 Å². The molecule has 0 spiro atoms. The van der Waals surface area contributed by atoms with Crippen molar-refractivity contribution >= 4 is 0 Å². The van der Waals surface area contributed by atoms with Gasteiger partial charge in [-0.05, 0) is 49.9 Å². The van der Waals surface area contributed by atoms with Crippen molar-refractivity contribution in [2.24, 2.45) is 23.7 Å². The van der Waals surface area contributed by atoms with Gasteiger partial charge in [0.25, 0.3) is 0 Å². The standard InChI is InChI=1S/C17H28O5/c1(4-16-19-6-2-7-20-16)3-12-9-18-10-14(12)15-11-22-17-13(15)5-8-21-17/h12-17H,1-11H2. The number of hydrogen-bond donors (Lipinski definition) is 0. The number of ether oxygens (including phenoxy) is 5. The third kappa shape index (κ3) is 3.20. The van der Waals surface area contributed by atoms with E-state index in [0.717, 1.165) is 65.3 Å². The van der Waals surface area contributed by atoms with Crippen molar-refractivity contribution in [2.75, 3.05) is 39.6 Å². The average molecular weight is 312 g/mol. The molecule has 4 aliphatic rings. The second-order valence-electron chi connectivity index (χ2n) is 7.11. The quantitative estimate of drug-likeness (QED) is 0.779. The van der Waals surface area contributed by atoms with Crippen LogP contribution in [0.2, 0.25) is 0 Å². The van der Waals surface area contributed by atoms with Gasteiger partial charge in [0.1, 0.15) is 0 Å². The van der Waals surface area contributed by atoms with Crippen molar-refractivity contribution in [2.45, 2.75) is 44.7 Å². The number of fused-ring (bicyclic) bond motifs is 1. The van der Waals surface area contributed by atoms with Gasteiger partial charge in [-0.1, -0.05) is 0 Å². The van der Waals surface area contributed by atoms with Gasteiger partial charge in [0.15, 0.2) is 12.6 Å². The summed E-state index contributed by atoms with van der Waals surface area (Å²) < 4.78 is 28.6. The highest BCUT2D eigenvalue weighted by Gasteiger charge is 2.48. The zero-order chi connectivity index (χ0) is 14.8. The first-order valence-corrected chi connectivity index (χ1v) is 8.96. The zero-order valence-corrected chi connectivity index (χ0v) is 13.3. The molecule has 4 fully saturated rings. The van der Waals surface area contributed by atoms with Gasteiger partial charge in [0.2, 0.25) is 0 Å². The molecular weight excluding hydrogens is 284 g/mol. The van der Waals surface area contributed by atoms with Gasteiger partial charge in [-0.15, -0.1) is 0 Å². The summed E-state index contributed by atoms with van der Waals surface area (Å²) in [5.74, 6) is 2.53. The van der Waals surface area contributed by atoms with Crippen LogP contribution in [0.3, 0.4) is 0 Å². The van der Waals surface area contributed by atoms with Crippen molar-refractivity contribution in [1.29, 1.82) is 0 Å². The lowest BCUT2D eigenvalue weighted by molar-refractivity contribution is -0.181. The molecule has 0 saturated carbocycles. The molecule has 5 nitrogen and oxygen atoms in total. The van der Waals surface area contributed by atoms with E-state index in [2.05, 4.69) is 0 Å².